The van der Waals surface area contributed by atoms with Crippen molar-refractivity contribution < 1.29 is 4.79 Å². The molecule has 5 nitrogen and oxygen atoms in total. The minimum atomic E-state index is -0.212. The van der Waals surface area contributed by atoms with Gasteiger partial charge in [-0.1, -0.05) is 60.7 Å². The highest BCUT2D eigenvalue weighted by atomic mass is 16.2. The topological polar surface area (TPSA) is 57.3 Å². The maximum Gasteiger partial charge on any atom is 0.238 e. The molecular weight excluding hydrogens is 360 g/mol. The predicted molar refractivity (Wildman–Crippen MR) is 115 cm³/mol. The molecule has 2 heterocycles. The van der Waals surface area contributed by atoms with Crippen LogP contribution in [0, 0.1) is 0 Å². The molecule has 1 aliphatic heterocycles. The highest BCUT2D eigenvalue weighted by Crippen LogP contribution is 2.24. The van der Waals surface area contributed by atoms with E-state index < -0.39 is 0 Å². The number of benzene rings is 2. The molecule has 5 heteroatoms. The summed E-state index contributed by atoms with van der Waals surface area (Å²) in [5, 5.41) is 6.34. The van der Waals surface area contributed by atoms with Crippen LogP contribution in [-0.4, -0.2) is 41.5 Å². The van der Waals surface area contributed by atoms with Crippen LogP contribution in [0.3, 0.4) is 0 Å². The van der Waals surface area contributed by atoms with Gasteiger partial charge < -0.3 is 10.6 Å². The Morgan fingerprint density at radius 2 is 1.83 bits per heavy atom. The fraction of sp³-hybridized carbons (Fsp3) is 0.250. The molecule has 1 aliphatic rings. The van der Waals surface area contributed by atoms with E-state index in [2.05, 4.69) is 69.0 Å². The predicted octanol–water partition coefficient (Wildman–Crippen LogP) is 2.84. The standard InChI is InChI=1S/C24H26N4O/c29-24(27-16-21-11-6-7-13-25-21)23-18-28(15-14-26-23)17-20-10-4-5-12-22(20)19-8-2-1-3-9-19/h1-13,23,26H,14-18H2,(H,27,29). The van der Waals surface area contributed by atoms with Gasteiger partial charge in [0.2, 0.25) is 5.91 Å². The number of hydrogen-bond acceptors (Lipinski definition) is 4. The molecule has 1 unspecified atom stereocenters. The Morgan fingerprint density at radius 3 is 2.66 bits per heavy atom. The molecule has 148 valence electrons. The lowest BCUT2D eigenvalue weighted by atomic mass is 9.99. The highest BCUT2D eigenvalue weighted by Gasteiger charge is 2.25. The Bertz CT molecular complexity index is 930. The van der Waals surface area contributed by atoms with E-state index in [0.29, 0.717) is 13.1 Å². The van der Waals surface area contributed by atoms with Gasteiger partial charge in [-0.15, -0.1) is 0 Å². The van der Waals surface area contributed by atoms with Gasteiger partial charge in [0, 0.05) is 32.4 Å². The molecule has 0 aliphatic carbocycles. The lowest BCUT2D eigenvalue weighted by molar-refractivity contribution is -0.124. The Balaban J connectivity index is 1.39. The zero-order valence-corrected chi connectivity index (χ0v) is 16.4. The molecule has 29 heavy (non-hydrogen) atoms. The highest BCUT2D eigenvalue weighted by molar-refractivity contribution is 5.82. The number of amides is 1. The summed E-state index contributed by atoms with van der Waals surface area (Å²) in [5.41, 5.74) is 4.63. The minimum absolute atomic E-state index is 0.0247. The summed E-state index contributed by atoms with van der Waals surface area (Å²) in [5.74, 6) is 0.0247. The Labute approximate surface area is 171 Å². The van der Waals surface area contributed by atoms with Gasteiger partial charge in [0.25, 0.3) is 0 Å². The summed E-state index contributed by atoms with van der Waals surface area (Å²) in [4.78, 5) is 19.2. The van der Waals surface area contributed by atoms with E-state index in [1.165, 1.54) is 16.7 Å². The number of carbonyl (C=O) groups excluding carboxylic acids is 1. The maximum absolute atomic E-state index is 12.6. The van der Waals surface area contributed by atoms with Crippen LogP contribution in [0.25, 0.3) is 11.1 Å². The number of hydrogen-bond donors (Lipinski definition) is 2. The van der Waals surface area contributed by atoms with E-state index in [1.807, 2.05) is 24.3 Å². The van der Waals surface area contributed by atoms with Gasteiger partial charge in [-0.25, -0.2) is 0 Å². The number of nitrogens with zero attached hydrogens (tertiary/aromatic N) is 2. The van der Waals surface area contributed by atoms with E-state index in [-0.39, 0.29) is 11.9 Å². The average Bonchev–Trinajstić information content (AvgIpc) is 2.79. The van der Waals surface area contributed by atoms with Crippen molar-refractivity contribution in [2.45, 2.75) is 19.1 Å². The normalized spacial score (nSPS) is 17.0. The number of piperazine rings is 1. The van der Waals surface area contributed by atoms with Crippen LogP contribution in [0.5, 0.6) is 0 Å². The quantitative estimate of drug-likeness (QED) is 0.684. The molecule has 0 saturated carbocycles. The Hall–Kier alpha value is -3.02. The zero-order chi connectivity index (χ0) is 19.9. The third-order valence-electron chi connectivity index (χ3n) is 5.24. The van der Waals surface area contributed by atoms with E-state index in [9.17, 15) is 4.79 Å². The molecule has 3 aromatic rings. The summed E-state index contributed by atoms with van der Waals surface area (Å²) < 4.78 is 0. The van der Waals surface area contributed by atoms with Crippen molar-refractivity contribution in [3.63, 3.8) is 0 Å². The van der Waals surface area contributed by atoms with Crippen LogP contribution in [0.1, 0.15) is 11.3 Å². The molecule has 1 amide bonds. The van der Waals surface area contributed by atoms with Crippen molar-refractivity contribution in [1.82, 2.24) is 20.5 Å². The number of carbonyl (C=O) groups is 1. The molecule has 1 saturated heterocycles. The molecule has 1 aromatic heterocycles. The molecule has 2 aromatic carbocycles. The Morgan fingerprint density at radius 1 is 1.03 bits per heavy atom. The van der Waals surface area contributed by atoms with E-state index in [1.54, 1.807) is 6.20 Å². The number of rotatable bonds is 6. The summed E-state index contributed by atoms with van der Waals surface area (Å²) in [6, 6.07) is 24.5. The van der Waals surface area contributed by atoms with Gasteiger partial charge in [-0.2, -0.15) is 0 Å². The first-order valence-electron chi connectivity index (χ1n) is 10.1. The van der Waals surface area contributed by atoms with Gasteiger partial charge in [0.15, 0.2) is 0 Å². The first-order chi connectivity index (χ1) is 14.3. The second kappa shape index (κ2) is 9.45. The summed E-state index contributed by atoms with van der Waals surface area (Å²) in [6.07, 6.45) is 1.74. The van der Waals surface area contributed by atoms with Crippen LogP contribution in [0.15, 0.2) is 79.0 Å². The lowest BCUT2D eigenvalue weighted by Gasteiger charge is -2.33. The fourth-order valence-electron chi connectivity index (χ4n) is 3.73. The molecule has 0 bridgehead atoms. The van der Waals surface area contributed by atoms with Crippen molar-refractivity contribution in [2.24, 2.45) is 0 Å². The van der Waals surface area contributed by atoms with Crippen LogP contribution in [0.2, 0.25) is 0 Å². The van der Waals surface area contributed by atoms with Crippen molar-refractivity contribution in [1.29, 1.82) is 0 Å². The average molecular weight is 386 g/mol. The van der Waals surface area contributed by atoms with Crippen molar-refractivity contribution in [3.05, 3.63) is 90.3 Å². The number of nitrogens with one attached hydrogen (secondary N) is 2. The third kappa shape index (κ3) is 5.08. The lowest BCUT2D eigenvalue weighted by Crippen LogP contribution is -2.56. The molecule has 0 spiro atoms. The SMILES string of the molecule is O=C(NCc1ccccn1)C1CN(Cc2ccccc2-c2ccccc2)CCN1. The van der Waals surface area contributed by atoms with E-state index in [4.69, 9.17) is 0 Å². The molecule has 2 N–H and O–H groups in total. The summed E-state index contributed by atoms with van der Waals surface area (Å²) in [6.45, 7) is 3.70. The third-order valence-corrected chi connectivity index (χ3v) is 5.24. The van der Waals surface area contributed by atoms with Crippen molar-refractivity contribution in [2.75, 3.05) is 19.6 Å². The first-order valence-corrected chi connectivity index (χ1v) is 10.1. The summed E-state index contributed by atoms with van der Waals surface area (Å²) in [7, 11) is 0. The van der Waals surface area contributed by atoms with E-state index >= 15 is 0 Å². The van der Waals surface area contributed by atoms with Gasteiger partial charge in [-0.3, -0.25) is 14.7 Å². The van der Waals surface area contributed by atoms with Gasteiger partial charge in [0.05, 0.1) is 18.3 Å². The van der Waals surface area contributed by atoms with Crippen molar-refractivity contribution >= 4 is 5.91 Å². The minimum Gasteiger partial charge on any atom is -0.349 e. The van der Waals surface area contributed by atoms with Gasteiger partial charge in [0.1, 0.15) is 0 Å². The number of pyridine rings is 1. The second-order valence-corrected chi connectivity index (χ2v) is 7.30. The van der Waals surface area contributed by atoms with Gasteiger partial charge >= 0.3 is 0 Å². The van der Waals surface area contributed by atoms with Gasteiger partial charge in [-0.05, 0) is 28.8 Å². The molecular formula is C24H26N4O. The largest absolute Gasteiger partial charge is 0.349 e. The monoisotopic (exact) mass is 386 g/mol. The molecule has 0 radical (unpaired) electrons. The van der Waals surface area contributed by atoms with Crippen LogP contribution >= 0.6 is 0 Å². The molecule has 1 fully saturated rings. The zero-order valence-electron chi connectivity index (χ0n) is 16.4. The van der Waals surface area contributed by atoms with Crippen LogP contribution in [0.4, 0.5) is 0 Å². The van der Waals surface area contributed by atoms with Crippen molar-refractivity contribution in [3.8, 4) is 11.1 Å². The fourth-order valence-corrected chi connectivity index (χ4v) is 3.73. The number of aromatic nitrogens is 1. The smallest absolute Gasteiger partial charge is 0.238 e. The summed E-state index contributed by atoms with van der Waals surface area (Å²) >= 11 is 0. The molecule has 1 atom stereocenters. The first kappa shape index (κ1) is 19.3. The van der Waals surface area contributed by atoms with Crippen LogP contribution in [-0.2, 0) is 17.9 Å². The van der Waals surface area contributed by atoms with E-state index in [0.717, 1.165) is 25.3 Å². The Kier molecular flexibility index (Phi) is 6.29. The second-order valence-electron chi connectivity index (χ2n) is 7.30. The maximum atomic E-state index is 12.6. The van der Waals surface area contributed by atoms with Crippen LogP contribution < -0.4 is 10.6 Å². The molecule has 4 rings (SSSR count).